The molecule has 1 heterocycles. The van der Waals surface area contributed by atoms with E-state index in [0.29, 0.717) is 0 Å². The second-order valence-corrected chi connectivity index (χ2v) is 7.79. The number of thiophene rings is 1. The van der Waals surface area contributed by atoms with E-state index in [2.05, 4.69) is 86.6 Å². The van der Waals surface area contributed by atoms with E-state index < -0.39 is 0 Å². The molecule has 0 saturated carbocycles. The molecule has 0 amide bonds. The third-order valence-electron chi connectivity index (χ3n) is 5.15. The molecule has 0 bridgehead atoms. The van der Waals surface area contributed by atoms with E-state index in [9.17, 15) is 0 Å². The summed E-state index contributed by atoms with van der Waals surface area (Å²) in [4.78, 5) is 0. The lowest BCUT2D eigenvalue weighted by Gasteiger charge is -2.12. The molecule has 5 aromatic rings. The van der Waals surface area contributed by atoms with E-state index in [1.165, 1.54) is 53.2 Å². The molecule has 5 rings (SSSR count). The Kier molecular flexibility index (Phi) is 3.19. The van der Waals surface area contributed by atoms with Crippen molar-refractivity contribution < 1.29 is 0 Å². The molecule has 120 valence electrons. The van der Waals surface area contributed by atoms with E-state index in [1.807, 2.05) is 11.3 Å². The molecule has 0 aliphatic carbocycles. The number of aryl methyl sites for hydroxylation is 2. The van der Waals surface area contributed by atoms with Crippen molar-refractivity contribution in [1.29, 1.82) is 0 Å². The summed E-state index contributed by atoms with van der Waals surface area (Å²) < 4.78 is 2.74. The van der Waals surface area contributed by atoms with Gasteiger partial charge in [0.15, 0.2) is 0 Å². The van der Waals surface area contributed by atoms with Crippen LogP contribution in [0.2, 0.25) is 0 Å². The monoisotopic (exact) mass is 338 g/mol. The van der Waals surface area contributed by atoms with Gasteiger partial charge >= 0.3 is 0 Å². The minimum atomic E-state index is 1.31. The van der Waals surface area contributed by atoms with E-state index >= 15 is 0 Å². The van der Waals surface area contributed by atoms with E-state index in [0.717, 1.165) is 0 Å². The Labute approximate surface area is 151 Å². The molecule has 1 heteroatoms. The molecule has 0 saturated heterocycles. The molecular weight excluding hydrogens is 320 g/mol. The first-order valence-electron chi connectivity index (χ1n) is 8.63. The molecule has 25 heavy (non-hydrogen) atoms. The van der Waals surface area contributed by atoms with Gasteiger partial charge in [-0.1, -0.05) is 60.7 Å². The van der Waals surface area contributed by atoms with E-state index in [4.69, 9.17) is 0 Å². The van der Waals surface area contributed by atoms with Gasteiger partial charge in [-0.05, 0) is 59.0 Å². The molecule has 0 aliphatic rings. The summed E-state index contributed by atoms with van der Waals surface area (Å²) in [5, 5.41) is 5.48. The smallest absolute Gasteiger partial charge is 0.0362 e. The van der Waals surface area contributed by atoms with Gasteiger partial charge in [-0.15, -0.1) is 11.3 Å². The molecule has 0 N–H and O–H groups in total. The predicted octanol–water partition coefficient (Wildman–Crippen LogP) is 7.49. The highest BCUT2D eigenvalue weighted by Crippen LogP contribution is 2.44. The molecule has 0 nitrogen and oxygen atoms in total. The standard InChI is InChI=1S/C24H18S/c1-15-7-3-5-9-18(15)22-16(2)11-13-21-24(22)23-19-10-6-4-8-17(19)12-14-20(23)25-21/h3-14H,1-2H3. The van der Waals surface area contributed by atoms with Crippen LogP contribution in [0.25, 0.3) is 42.1 Å². The van der Waals surface area contributed by atoms with Gasteiger partial charge in [0.25, 0.3) is 0 Å². The van der Waals surface area contributed by atoms with Crippen molar-refractivity contribution in [2.75, 3.05) is 0 Å². The SMILES string of the molecule is Cc1ccccc1-c1c(C)ccc2sc3ccc4ccccc4c3c12. The normalized spacial score (nSPS) is 11.6. The zero-order valence-corrected chi connectivity index (χ0v) is 15.2. The van der Waals surface area contributed by atoms with Crippen LogP contribution in [0.3, 0.4) is 0 Å². The topological polar surface area (TPSA) is 0 Å². The van der Waals surface area contributed by atoms with Crippen molar-refractivity contribution in [2.24, 2.45) is 0 Å². The first kappa shape index (κ1) is 14.7. The Balaban J connectivity index is 2.06. The van der Waals surface area contributed by atoms with Crippen molar-refractivity contribution in [3.63, 3.8) is 0 Å². The fourth-order valence-electron chi connectivity index (χ4n) is 3.93. The Bertz CT molecular complexity index is 1260. The van der Waals surface area contributed by atoms with Gasteiger partial charge in [-0.2, -0.15) is 0 Å². The molecule has 0 atom stereocenters. The lowest BCUT2D eigenvalue weighted by molar-refractivity contribution is 1.43. The van der Waals surface area contributed by atoms with Crippen LogP contribution in [0.5, 0.6) is 0 Å². The maximum atomic E-state index is 2.28. The highest BCUT2D eigenvalue weighted by molar-refractivity contribution is 7.26. The van der Waals surface area contributed by atoms with Crippen LogP contribution in [0.1, 0.15) is 11.1 Å². The molecular formula is C24H18S. The maximum Gasteiger partial charge on any atom is 0.0362 e. The summed E-state index contributed by atoms with van der Waals surface area (Å²) in [6.07, 6.45) is 0. The van der Waals surface area contributed by atoms with Crippen LogP contribution in [0, 0.1) is 13.8 Å². The molecule has 0 aliphatic heterocycles. The van der Waals surface area contributed by atoms with Crippen molar-refractivity contribution >= 4 is 42.3 Å². The van der Waals surface area contributed by atoms with Crippen LogP contribution in [0.15, 0.2) is 72.8 Å². The van der Waals surface area contributed by atoms with Crippen molar-refractivity contribution in [3.05, 3.63) is 83.9 Å². The average Bonchev–Trinajstić information content (AvgIpc) is 3.02. The first-order valence-corrected chi connectivity index (χ1v) is 9.45. The summed E-state index contributed by atoms with van der Waals surface area (Å²) in [5.74, 6) is 0. The first-order chi connectivity index (χ1) is 12.2. The molecule has 0 unspecified atom stereocenters. The Hall–Kier alpha value is -2.64. The van der Waals surface area contributed by atoms with E-state index in [-0.39, 0.29) is 0 Å². The van der Waals surface area contributed by atoms with Gasteiger partial charge in [-0.25, -0.2) is 0 Å². The van der Waals surface area contributed by atoms with Gasteiger partial charge in [0.1, 0.15) is 0 Å². The second kappa shape index (κ2) is 5.44. The summed E-state index contributed by atoms with van der Waals surface area (Å²) in [6.45, 7) is 4.44. The van der Waals surface area contributed by atoms with Crippen LogP contribution >= 0.6 is 11.3 Å². The number of hydrogen-bond donors (Lipinski definition) is 0. The highest BCUT2D eigenvalue weighted by Gasteiger charge is 2.16. The van der Waals surface area contributed by atoms with E-state index in [1.54, 1.807) is 0 Å². The molecule has 0 fully saturated rings. The Morgan fingerprint density at radius 1 is 0.600 bits per heavy atom. The number of benzene rings is 4. The third-order valence-corrected chi connectivity index (χ3v) is 6.27. The number of fused-ring (bicyclic) bond motifs is 5. The van der Waals surface area contributed by atoms with Crippen LogP contribution in [-0.4, -0.2) is 0 Å². The zero-order chi connectivity index (χ0) is 17.0. The Morgan fingerprint density at radius 3 is 2.20 bits per heavy atom. The highest BCUT2D eigenvalue weighted by atomic mass is 32.1. The van der Waals surface area contributed by atoms with Crippen LogP contribution < -0.4 is 0 Å². The molecule has 0 radical (unpaired) electrons. The van der Waals surface area contributed by atoms with Crippen LogP contribution in [0.4, 0.5) is 0 Å². The molecule has 4 aromatic carbocycles. The summed E-state index contributed by atoms with van der Waals surface area (Å²) in [6, 6.07) is 26.5. The summed E-state index contributed by atoms with van der Waals surface area (Å²) in [7, 11) is 0. The zero-order valence-electron chi connectivity index (χ0n) is 14.3. The van der Waals surface area contributed by atoms with Crippen molar-refractivity contribution in [1.82, 2.24) is 0 Å². The number of rotatable bonds is 1. The third kappa shape index (κ3) is 2.13. The second-order valence-electron chi connectivity index (χ2n) is 6.71. The minimum absolute atomic E-state index is 1.31. The predicted molar refractivity (Wildman–Crippen MR) is 112 cm³/mol. The summed E-state index contributed by atoms with van der Waals surface area (Å²) >= 11 is 1.90. The van der Waals surface area contributed by atoms with Crippen molar-refractivity contribution in [2.45, 2.75) is 13.8 Å². The largest absolute Gasteiger partial charge is 0.135 e. The quantitative estimate of drug-likeness (QED) is 0.297. The fourth-order valence-corrected chi connectivity index (χ4v) is 5.06. The van der Waals surface area contributed by atoms with Gasteiger partial charge in [-0.3, -0.25) is 0 Å². The molecule has 0 spiro atoms. The lowest BCUT2D eigenvalue weighted by atomic mass is 9.91. The van der Waals surface area contributed by atoms with Gasteiger partial charge in [0.2, 0.25) is 0 Å². The van der Waals surface area contributed by atoms with Crippen LogP contribution in [-0.2, 0) is 0 Å². The minimum Gasteiger partial charge on any atom is -0.135 e. The van der Waals surface area contributed by atoms with Gasteiger partial charge < -0.3 is 0 Å². The Morgan fingerprint density at radius 2 is 1.32 bits per heavy atom. The van der Waals surface area contributed by atoms with Crippen molar-refractivity contribution in [3.8, 4) is 11.1 Å². The van der Waals surface area contributed by atoms with Gasteiger partial charge in [0.05, 0.1) is 0 Å². The number of hydrogen-bond acceptors (Lipinski definition) is 1. The van der Waals surface area contributed by atoms with Gasteiger partial charge in [0, 0.05) is 20.2 Å². The fraction of sp³-hybridized carbons (Fsp3) is 0.0833. The summed E-state index contributed by atoms with van der Waals surface area (Å²) in [5.41, 5.74) is 5.41. The average molecular weight is 338 g/mol. The molecule has 1 aromatic heterocycles. The maximum absolute atomic E-state index is 2.28. The lowest BCUT2D eigenvalue weighted by Crippen LogP contribution is -1.88.